The third-order valence-electron chi connectivity index (χ3n) is 1.38. The van der Waals surface area contributed by atoms with E-state index in [0.29, 0.717) is 0 Å². The fourth-order valence-corrected chi connectivity index (χ4v) is 0.755. The SMILES string of the molecule is O=C(O)c1ccc(C(=O)O)cc1.[BiH3]. The Morgan fingerprint density at radius 1 is 0.846 bits per heavy atom. The maximum absolute atomic E-state index is 10.3. The van der Waals surface area contributed by atoms with Crippen LogP contribution in [0.3, 0.4) is 0 Å². The Balaban J connectivity index is 0.00000144. The maximum atomic E-state index is 10.3. The van der Waals surface area contributed by atoms with E-state index in [2.05, 4.69) is 0 Å². The van der Waals surface area contributed by atoms with Crippen LogP contribution < -0.4 is 0 Å². The molecule has 1 rings (SSSR count). The first kappa shape index (κ1) is 12.0. The van der Waals surface area contributed by atoms with Gasteiger partial charge in [-0.2, -0.15) is 0 Å². The number of hydrogen-bond donors (Lipinski definition) is 2. The summed E-state index contributed by atoms with van der Waals surface area (Å²) in [5.74, 6) is -2.13. The van der Waals surface area contributed by atoms with Crippen LogP contribution in [0.4, 0.5) is 0 Å². The molecule has 0 saturated heterocycles. The molecule has 5 heteroatoms. The Morgan fingerprint density at radius 2 is 1.08 bits per heavy atom. The molecule has 1 aromatic carbocycles. The average Bonchev–Trinajstić information content (AvgIpc) is 2.04. The molecule has 0 spiro atoms. The van der Waals surface area contributed by atoms with Gasteiger partial charge >= 0.3 is 38.1 Å². The van der Waals surface area contributed by atoms with Gasteiger partial charge in [0.05, 0.1) is 11.1 Å². The van der Waals surface area contributed by atoms with Crippen LogP contribution >= 0.6 is 0 Å². The van der Waals surface area contributed by atoms with Crippen LogP contribution in [0.25, 0.3) is 0 Å². The van der Waals surface area contributed by atoms with Crippen LogP contribution in [0.15, 0.2) is 24.3 Å². The van der Waals surface area contributed by atoms with Crippen LogP contribution in [-0.2, 0) is 0 Å². The summed E-state index contributed by atoms with van der Waals surface area (Å²) in [6.45, 7) is 0. The van der Waals surface area contributed by atoms with E-state index in [1.54, 1.807) is 0 Å². The third kappa shape index (κ3) is 3.11. The molecule has 0 radical (unpaired) electrons. The summed E-state index contributed by atoms with van der Waals surface area (Å²) < 4.78 is 0. The zero-order chi connectivity index (χ0) is 9.14. The van der Waals surface area contributed by atoms with Crippen molar-refractivity contribution >= 4 is 38.1 Å². The predicted octanol–water partition coefficient (Wildman–Crippen LogP) is -0.101. The molecule has 0 fully saturated rings. The molecule has 4 nitrogen and oxygen atoms in total. The quantitative estimate of drug-likeness (QED) is 0.705. The van der Waals surface area contributed by atoms with Gasteiger partial charge in [-0.05, 0) is 24.3 Å². The van der Waals surface area contributed by atoms with Crippen molar-refractivity contribution in [2.45, 2.75) is 0 Å². The number of carboxylic acids is 2. The molecule has 0 aromatic heterocycles. The first-order valence-corrected chi connectivity index (χ1v) is 3.18. The molecule has 2 N–H and O–H groups in total. The Labute approximate surface area is 93.3 Å². The first-order valence-electron chi connectivity index (χ1n) is 3.18. The van der Waals surface area contributed by atoms with Crippen molar-refractivity contribution in [2.24, 2.45) is 0 Å². The Kier molecular flexibility index (Phi) is 4.56. The normalized spacial score (nSPS) is 8.62. The second-order valence-corrected chi connectivity index (χ2v) is 2.19. The van der Waals surface area contributed by atoms with Crippen molar-refractivity contribution in [2.75, 3.05) is 0 Å². The van der Waals surface area contributed by atoms with Gasteiger partial charge in [-0.15, -0.1) is 0 Å². The van der Waals surface area contributed by atoms with Crippen molar-refractivity contribution in [1.82, 2.24) is 0 Å². The average molecular weight is 378 g/mol. The zero-order valence-corrected chi connectivity index (χ0v) is 12.2. The molecule has 0 aliphatic carbocycles. The molecule has 0 aliphatic heterocycles. The summed E-state index contributed by atoms with van der Waals surface area (Å²) in [7, 11) is 0. The molecule has 1 aromatic rings. The van der Waals surface area contributed by atoms with E-state index in [4.69, 9.17) is 10.2 Å². The monoisotopic (exact) mass is 378 g/mol. The minimum atomic E-state index is -1.06. The van der Waals surface area contributed by atoms with Crippen molar-refractivity contribution in [3.63, 3.8) is 0 Å². The second-order valence-electron chi connectivity index (χ2n) is 2.19. The number of carboxylic acid groups (broad SMARTS) is 2. The molecule has 0 atom stereocenters. The van der Waals surface area contributed by atoms with Gasteiger partial charge in [-0.1, -0.05) is 0 Å². The van der Waals surface area contributed by atoms with E-state index < -0.39 is 11.9 Å². The van der Waals surface area contributed by atoms with Crippen molar-refractivity contribution < 1.29 is 19.8 Å². The van der Waals surface area contributed by atoms with Gasteiger partial charge in [0.1, 0.15) is 0 Å². The van der Waals surface area contributed by atoms with Gasteiger partial charge in [-0.3, -0.25) is 0 Å². The fraction of sp³-hybridized carbons (Fsp3) is 0. The van der Waals surface area contributed by atoms with Crippen molar-refractivity contribution in [1.29, 1.82) is 0 Å². The third-order valence-corrected chi connectivity index (χ3v) is 1.38. The number of carbonyl (C=O) groups is 2. The molecule has 0 amide bonds. The Morgan fingerprint density at radius 3 is 1.23 bits per heavy atom. The molecule has 0 bridgehead atoms. The van der Waals surface area contributed by atoms with Crippen molar-refractivity contribution in [3.8, 4) is 0 Å². The number of benzene rings is 1. The van der Waals surface area contributed by atoms with E-state index >= 15 is 0 Å². The molecular weight excluding hydrogens is 369 g/mol. The van der Waals surface area contributed by atoms with Crippen LogP contribution in [0, 0.1) is 0 Å². The Bertz CT molecular complexity index is 284. The summed E-state index contributed by atoms with van der Waals surface area (Å²) in [5.41, 5.74) is 0.167. The van der Waals surface area contributed by atoms with E-state index in [0.717, 1.165) is 0 Å². The predicted molar refractivity (Wildman–Crippen MR) is 50.3 cm³/mol. The van der Waals surface area contributed by atoms with Gasteiger partial charge in [-0.25, -0.2) is 9.59 Å². The number of aromatic carboxylic acids is 2. The van der Waals surface area contributed by atoms with Crippen LogP contribution in [0.1, 0.15) is 20.7 Å². The number of hydrogen-bond acceptors (Lipinski definition) is 2. The minimum absolute atomic E-state index is 0. The standard InChI is InChI=1S/C8H6O4.Bi.3H/c9-7(10)5-1-2-6(4-3-5)8(11)12;;;;/h1-4H,(H,9,10)(H,11,12);;;;. The van der Waals surface area contributed by atoms with Crippen molar-refractivity contribution in [3.05, 3.63) is 35.4 Å². The molecule has 13 heavy (non-hydrogen) atoms. The molecule has 0 aliphatic rings. The summed E-state index contributed by atoms with van der Waals surface area (Å²) in [6.07, 6.45) is 0. The Hall–Kier alpha value is -0.957. The van der Waals surface area contributed by atoms with Gasteiger partial charge in [0.25, 0.3) is 0 Å². The summed E-state index contributed by atoms with van der Waals surface area (Å²) in [4.78, 5) is 20.7. The molecule has 0 heterocycles. The first-order chi connectivity index (χ1) is 5.61. The fourth-order valence-electron chi connectivity index (χ4n) is 0.755. The van der Waals surface area contributed by atoms with E-state index in [-0.39, 0.29) is 37.3 Å². The molecule has 0 saturated carbocycles. The summed E-state index contributed by atoms with van der Waals surface area (Å²) in [5, 5.41) is 16.9. The van der Waals surface area contributed by atoms with E-state index in [1.165, 1.54) is 24.3 Å². The van der Waals surface area contributed by atoms with Gasteiger partial charge in [0.15, 0.2) is 0 Å². The molecule has 0 unspecified atom stereocenters. The second kappa shape index (κ2) is 4.92. The molecular formula is C8H9BiO4. The zero-order valence-electron chi connectivity index (χ0n) is 6.73. The van der Waals surface area contributed by atoms with Crippen LogP contribution in [-0.4, -0.2) is 48.4 Å². The van der Waals surface area contributed by atoms with Crippen LogP contribution in [0.2, 0.25) is 0 Å². The van der Waals surface area contributed by atoms with E-state index in [9.17, 15) is 9.59 Å². The molecule has 70 valence electrons. The summed E-state index contributed by atoms with van der Waals surface area (Å²) >= 11 is 0. The summed E-state index contributed by atoms with van der Waals surface area (Å²) in [6, 6.07) is 5.02. The van der Waals surface area contributed by atoms with Gasteiger partial charge < -0.3 is 10.2 Å². The van der Waals surface area contributed by atoms with Gasteiger partial charge in [0, 0.05) is 0 Å². The topological polar surface area (TPSA) is 74.6 Å². The number of rotatable bonds is 2. The van der Waals surface area contributed by atoms with Crippen LogP contribution in [0.5, 0.6) is 0 Å². The van der Waals surface area contributed by atoms with E-state index in [1.807, 2.05) is 0 Å². The van der Waals surface area contributed by atoms with Gasteiger partial charge in [0.2, 0.25) is 0 Å².